The third-order valence-electron chi connectivity index (χ3n) is 8.47. The highest BCUT2D eigenvalue weighted by molar-refractivity contribution is 5.92. The van der Waals surface area contributed by atoms with Gasteiger partial charge in [0, 0.05) is 31.7 Å². The number of carbonyl (C=O) groups excluding carboxylic acids is 5. The number of ether oxygens (including phenoxy) is 1. The van der Waals surface area contributed by atoms with Crippen LogP contribution in [0, 0.1) is 11.8 Å². The highest BCUT2D eigenvalue weighted by Crippen LogP contribution is 2.22. The first-order valence-electron chi connectivity index (χ1n) is 16.7. The minimum atomic E-state index is -0.765. The molecule has 0 aliphatic carbocycles. The molecule has 2 rings (SSSR count). The highest BCUT2D eigenvalue weighted by atomic mass is 16.5. The zero-order valence-corrected chi connectivity index (χ0v) is 27.5. The standard InChI is InChI=1S/C35H55N3O6/c1-5-7-9-15-33(41)37-31(23-28-16-18-29(19-17-28)44-34(42)25-38-21-12-13-22-38)32(40)24-30(26(3)6-2)35(43)36-20-11-8-10-14-27(4)39/h16-19,26,30-31H,5-15,20-25H2,1-4H3,(H,36,43)(H,37,41). The molecule has 0 aromatic heterocycles. The van der Waals surface area contributed by atoms with Crippen molar-refractivity contribution in [2.45, 2.75) is 117 Å². The maximum absolute atomic E-state index is 13.7. The molecule has 0 spiro atoms. The first-order valence-corrected chi connectivity index (χ1v) is 16.7. The normalized spacial score (nSPS) is 15.3. The smallest absolute Gasteiger partial charge is 0.325 e. The maximum Gasteiger partial charge on any atom is 0.325 e. The van der Waals surface area contributed by atoms with Gasteiger partial charge in [0.1, 0.15) is 11.5 Å². The van der Waals surface area contributed by atoms with Gasteiger partial charge in [-0.05, 0) is 82.2 Å². The van der Waals surface area contributed by atoms with Crippen LogP contribution < -0.4 is 15.4 Å². The summed E-state index contributed by atoms with van der Waals surface area (Å²) in [5, 5.41) is 5.94. The van der Waals surface area contributed by atoms with Crippen molar-refractivity contribution in [2.24, 2.45) is 11.8 Å². The molecule has 0 bridgehead atoms. The molecule has 0 saturated carbocycles. The molecule has 2 N–H and O–H groups in total. The number of nitrogens with one attached hydrogen (secondary N) is 2. The number of unbranched alkanes of at least 4 members (excludes halogenated alkanes) is 4. The molecule has 1 heterocycles. The van der Waals surface area contributed by atoms with Crippen LogP contribution in [0.15, 0.2) is 24.3 Å². The second kappa shape index (κ2) is 20.8. The Labute approximate surface area is 264 Å². The van der Waals surface area contributed by atoms with Crippen LogP contribution in [0.4, 0.5) is 0 Å². The average molecular weight is 614 g/mol. The summed E-state index contributed by atoms with van der Waals surface area (Å²) in [6.07, 6.45) is 9.30. The fraction of sp³-hybridized carbons (Fsp3) is 0.686. The largest absolute Gasteiger partial charge is 0.426 e. The number of ketones is 2. The maximum atomic E-state index is 13.7. The third kappa shape index (κ3) is 14.6. The molecule has 1 aliphatic heterocycles. The molecular formula is C35H55N3O6. The molecule has 1 aromatic rings. The Morgan fingerprint density at radius 2 is 1.59 bits per heavy atom. The predicted molar refractivity (Wildman–Crippen MR) is 172 cm³/mol. The van der Waals surface area contributed by atoms with Crippen molar-refractivity contribution in [3.63, 3.8) is 0 Å². The van der Waals surface area contributed by atoms with Gasteiger partial charge in [0.15, 0.2) is 5.78 Å². The Morgan fingerprint density at radius 1 is 0.909 bits per heavy atom. The van der Waals surface area contributed by atoms with E-state index in [2.05, 4.69) is 22.5 Å². The van der Waals surface area contributed by atoms with E-state index in [1.807, 2.05) is 26.0 Å². The van der Waals surface area contributed by atoms with Gasteiger partial charge in [-0.15, -0.1) is 0 Å². The molecule has 1 aromatic carbocycles. The van der Waals surface area contributed by atoms with Crippen molar-refractivity contribution in [2.75, 3.05) is 26.2 Å². The number of Topliss-reactive ketones (excluding diaryl/α,β-unsaturated/α-hetero) is 2. The lowest BCUT2D eigenvalue weighted by atomic mass is 9.84. The van der Waals surface area contributed by atoms with E-state index in [4.69, 9.17) is 4.74 Å². The van der Waals surface area contributed by atoms with Crippen LogP contribution in [-0.4, -0.2) is 66.5 Å². The number of benzene rings is 1. The lowest BCUT2D eigenvalue weighted by Gasteiger charge is -2.25. The fourth-order valence-electron chi connectivity index (χ4n) is 5.48. The molecule has 3 atom stereocenters. The zero-order chi connectivity index (χ0) is 32.3. The number of hydrogen-bond acceptors (Lipinski definition) is 7. The summed E-state index contributed by atoms with van der Waals surface area (Å²) in [6.45, 7) is 10.2. The Morgan fingerprint density at radius 3 is 2.23 bits per heavy atom. The number of esters is 1. The van der Waals surface area contributed by atoms with Crippen LogP contribution in [-0.2, 0) is 30.4 Å². The van der Waals surface area contributed by atoms with Gasteiger partial charge in [-0.2, -0.15) is 0 Å². The van der Waals surface area contributed by atoms with E-state index in [0.29, 0.717) is 25.1 Å². The van der Waals surface area contributed by atoms with Gasteiger partial charge in [-0.1, -0.05) is 58.6 Å². The number of carbonyl (C=O) groups is 5. The van der Waals surface area contributed by atoms with Crippen molar-refractivity contribution in [1.82, 2.24) is 15.5 Å². The van der Waals surface area contributed by atoms with Crippen molar-refractivity contribution in [1.29, 1.82) is 0 Å². The summed E-state index contributed by atoms with van der Waals surface area (Å²) in [5.74, 6) is -0.669. The van der Waals surface area contributed by atoms with Crippen LogP contribution in [0.25, 0.3) is 0 Å². The molecule has 1 aliphatic rings. The first-order chi connectivity index (χ1) is 21.1. The van der Waals surface area contributed by atoms with Crippen molar-refractivity contribution in [3.8, 4) is 5.75 Å². The van der Waals surface area contributed by atoms with Crippen LogP contribution in [0.1, 0.15) is 110 Å². The van der Waals surface area contributed by atoms with Gasteiger partial charge >= 0.3 is 5.97 Å². The summed E-state index contributed by atoms with van der Waals surface area (Å²) < 4.78 is 5.51. The van der Waals surface area contributed by atoms with E-state index in [0.717, 1.165) is 76.4 Å². The Bertz CT molecular complexity index is 1050. The summed E-state index contributed by atoms with van der Waals surface area (Å²) in [6, 6.07) is 6.29. The van der Waals surface area contributed by atoms with E-state index in [1.54, 1.807) is 19.1 Å². The molecule has 0 radical (unpaired) electrons. The molecule has 9 heteroatoms. The van der Waals surface area contributed by atoms with Gasteiger partial charge in [-0.25, -0.2) is 0 Å². The Kier molecular flexibility index (Phi) is 17.6. The molecule has 2 amide bonds. The summed E-state index contributed by atoms with van der Waals surface area (Å²) >= 11 is 0. The summed E-state index contributed by atoms with van der Waals surface area (Å²) in [7, 11) is 0. The van der Waals surface area contributed by atoms with E-state index in [-0.39, 0.29) is 54.7 Å². The minimum absolute atomic E-state index is 0.00732. The Hall–Kier alpha value is -3.07. The molecular weight excluding hydrogens is 558 g/mol. The van der Waals surface area contributed by atoms with E-state index >= 15 is 0 Å². The van der Waals surface area contributed by atoms with E-state index in [1.165, 1.54) is 0 Å². The SMILES string of the molecule is CCCCCC(=O)NC(Cc1ccc(OC(=O)CN2CCCC2)cc1)C(=O)CC(C(=O)NCCCCCC(C)=O)C(C)CC. The lowest BCUT2D eigenvalue weighted by molar-refractivity contribution is -0.135. The number of rotatable bonds is 22. The van der Waals surface area contributed by atoms with E-state index < -0.39 is 12.0 Å². The second-order valence-corrected chi connectivity index (χ2v) is 12.3. The van der Waals surface area contributed by atoms with Gasteiger partial charge in [-0.3, -0.25) is 24.1 Å². The number of hydrogen-bond donors (Lipinski definition) is 2. The molecule has 1 saturated heterocycles. The van der Waals surface area contributed by atoms with Crippen LogP contribution in [0.3, 0.4) is 0 Å². The quantitative estimate of drug-likeness (QED) is 0.105. The monoisotopic (exact) mass is 613 g/mol. The lowest BCUT2D eigenvalue weighted by Crippen LogP contribution is -2.45. The number of nitrogens with zero attached hydrogens (tertiary/aromatic N) is 1. The number of likely N-dealkylation sites (tertiary alicyclic amines) is 1. The zero-order valence-electron chi connectivity index (χ0n) is 27.5. The van der Waals surface area contributed by atoms with Crippen molar-refractivity contribution < 1.29 is 28.7 Å². The number of amides is 2. The molecule has 3 unspecified atom stereocenters. The fourth-order valence-corrected chi connectivity index (χ4v) is 5.48. The molecule has 1 fully saturated rings. The predicted octanol–water partition coefficient (Wildman–Crippen LogP) is 5.18. The molecule has 246 valence electrons. The van der Waals surface area contributed by atoms with Crippen molar-refractivity contribution in [3.05, 3.63) is 29.8 Å². The van der Waals surface area contributed by atoms with Crippen LogP contribution in [0.5, 0.6) is 5.75 Å². The van der Waals surface area contributed by atoms with Gasteiger partial charge in [0.05, 0.1) is 12.6 Å². The topological polar surface area (TPSA) is 122 Å². The van der Waals surface area contributed by atoms with Crippen molar-refractivity contribution >= 4 is 29.4 Å². The molecule has 44 heavy (non-hydrogen) atoms. The van der Waals surface area contributed by atoms with Crippen LogP contribution in [0.2, 0.25) is 0 Å². The third-order valence-corrected chi connectivity index (χ3v) is 8.47. The van der Waals surface area contributed by atoms with Gasteiger partial charge < -0.3 is 20.2 Å². The Balaban J connectivity index is 2.05. The second-order valence-electron chi connectivity index (χ2n) is 12.3. The minimum Gasteiger partial charge on any atom is -0.426 e. The average Bonchev–Trinajstić information content (AvgIpc) is 3.50. The summed E-state index contributed by atoms with van der Waals surface area (Å²) in [4.78, 5) is 65.2. The summed E-state index contributed by atoms with van der Waals surface area (Å²) in [5.41, 5.74) is 0.826. The highest BCUT2D eigenvalue weighted by Gasteiger charge is 2.30. The van der Waals surface area contributed by atoms with Gasteiger partial charge in [0.2, 0.25) is 11.8 Å². The van der Waals surface area contributed by atoms with E-state index in [9.17, 15) is 24.0 Å². The van der Waals surface area contributed by atoms with Gasteiger partial charge in [0.25, 0.3) is 0 Å². The van der Waals surface area contributed by atoms with Crippen LogP contribution >= 0.6 is 0 Å². The first kappa shape index (κ1) is 37.1. The molecule has 9 nitrogen and oxygen atoms in total.